The van der Waals surface area contributed by atoms with Crippen molar-refractivity contribution >= 4 is 14.1 Å². The van der Waals surface area contributed by atoms with E-state index in [1.165, 1.54) is 0 Å². The summed E-state index contributed by atoms with van der Waals surface area (Å²) in [5, 5.41) is 0.145. The number of methoxy groups -OCH3 is 2. The number of hydrogen-bond acceptors (Lipinski definition) is 3. The minimum Gasteiger partial charge on any atom is -0.543 e. The van der Waals surface area contributed by atoms with Crippen molar-refractivity contribution in [1.82, 2.24) is 0 Å². The standard InChI is InChI=1S/C16H26O3Si/c1-12(19-20(7,8)16(2,3)4)13-9-10-14(17-5)15(11-13)18-6/h9-11H,1H2,2-8H3. The average Bonchev–Trinajstić information content (AvgIpc) is 2.35. The normalized spacial score (nSPS) is 11.9. The van der Waals surface area contributed by atoms with Crippen molar-refractivity contribution in [1.29, 1.82) is 0 Å². The molecule has 0 amide bonds. The molecule has 1 aromatic carbocycles. The van der Waals surface area contributed by atoms with E-state index in [-0.39, 0.29) is 5.04 Å². The maximum Gasteiger partial charge on any atom is 0.250 e. The molecule has 0 radical (unpaired) electrons. The fourth-order valence-corrected chi connectivity index (χ4v) is 2.57. The molecule has 0 heterocycles. The molecule has 0 aliphatic carbocycles. The highest BCUT2D eigenvalue weighted by Crippen LogP contribution is 2.40. The molecule has 0 fully saturated rings. The maximum absolute atomic E-state index is 6.21. The average molecular weight is 294 g/mol. The Kier molecular flexibility index (Phi) is 4.92. The van der Waals surface area contributed by atoms with Gasteiger partial charge in [-0.1, -0.05) is 27.4 Å². The van der Waals surface area contributed by atoms with Crippen LogP contribution in [0.25, 0.3) is 5.76 Å². The molecule has 0 N–H and O–H groups in total. The van der Waals surface area contributed by atoms with Gasteiger partial charge in [-0.25, -0.2) is 0 Å². The van der Waals surface area contributed by atoms with Crippen LogP contribution in [0.1, 0.15) is 26.3 Å². The van der Waals surface area contributed by atoms with Crippen molar-refractivity contribution in [3.8, 4) is 11.5 Å². The van der Waals surface area contributed by atoms with E-state index in [1.807, 2.05) is 18.2 Å². The molecular weight excluding hydrogens is 268 g/mol. The highest BCUT2D eigenvalue weighted by atomic mass is 28.4. The van der Waals surface area contributed by atoms with Crippen molar-refractivity contribution in [2.75, 3.05) is 14.2 Å². The zero-order chi connectivity index (χ0) is 15.6. The second kappa shape index (κ2) is 5.91. The third-order valence-electron chi connectivity index (χ3n) is 3.89. The van der Waals surface area contributed by atoms with Gasteiger partial charge in [-0.15, -0.1) is 0 Å². The zero-order valence-corrected chi connectivity index (χ0v) is 14.7. The lowest BCUT2D eigenvalue weighted by Gasteiger charge is -2.37. The van der Waals surface area contributed by atoms with E-state index < -0.39 is 8.32 Å². The molecule has 0 aromatic heterocycles. The molecule has 112 valence electrons. The Balaban J connectivity index is 2.99. The number of benzene rings is 1. The molecule has 0 aliphatic rings. The summed E-state index contributed by atoms with van der Waals surface area (Å²) in [4.78, 5) is 0. The molecule has 4 heteroatoms. The SMILES string of the molecule is C=C(O[Si](C)(C)C(C)(C)C)c1ccc(OC)c(OC)c1. The minimum absolute atomic E-state index is 0.145. The van der Waals surface area contributed by atoms with Gasteiger partial charge in [-0.3, -0.25) is 0 Å². The summed E-state index contributed by atoms with van der Waals surface area (Å²) in [6.07, 6.45) is 0. The Labute approximate surface area is 123 Å². The zero-order valence-electron chi connectivity index (χ0n) is 13.7. The van der Waals surface area contributed by atoms with Crippen LogP contribution < -0.4 is 9.47 Å². The molecule has 0 bridgehead atoms. The predicted molar refractivity (Wildman–Crippen MR) is 86.9 cm³/mol. The van der Waals surface area contributed by atoms with Crippen LogP contribution in [0.5, 0.6) is 11.5 Å². The topological polar surface area (TPSA) is 27.7 Å². The summed E-state index contributed by atoms with van der Waals surface area (Å²) in [7, 11) is 1.38. The van der Waals surface area contributed by atoms with Crippen molar-refractivity contribution in [3.63, 3.8) is 0 Å². The smallest absolute Gasteiger partial charge is 0.250 e. The molecular formula is C16H26O3Si. The van der Waals surface area contributed by atoms with Gasteiger partial charge in [0.25, 0.3) is 0 Å². The Hall–Kier alpha value is -1.42. The number of hydrogen-bond donors (Lipinski definition) is 0. The molecule has 20 heavy (non-hydrogen) atoms. The van der Waals surface area contributed by atoms with E-state index >= 15 is 0 Å². The quantitative estimate of drug-likeness (QED) is 0.582. The van der Waals surface area contributed by atoms with E-state index in [0.717, 1.165) is 5.56 Å². The summed E-state index contributed by atoms with van der Waals surface area (Å²) in [6, 6.07) is 5.71. The monoisotopic (exact) mass is 294 g/mol. The lowest BCUT2D eigenvalue weighted by Crippen LogP contribution is -2.40. The Morgan fingerprint density at radius 2 is 1.60 bits per heavy atom. The van der Waals surface area contributed by atoms with E-state index in [4.69, 9.17) is 13.9 Å². The van der Waals surface area contributed by atoms with Gasteiger partial charge in [0.15, 0.2) is 11.5 Å². The van der Waals surface area contributed by atoms with Crippen LogP contribution in [0.3, 0.4) is 0 Å². The van der Waals surface area contributed by atoms with Crippen LogP contribution in [-0.4, -0.2) is 22.5 Å². The first-order valence-electron chi connectivity index (χ1n) is 6.72. The first-order chi connectivity index (χ1) is 9.12. The molecule has 0 aliphatic heterocycles. The van der Waals surface area contributed by atoms with Gasteiger partial charge in [0.05, 0.1) is 14.2 Å². The molecule has 0 saturated heterocycles. The van der Waals surface area contributed by atoms with E-state index in [2.05, 4.69) is 40.4 Å². The van der Waals surface area contributed by atoms with Gasteiger partial charge in [0.1, 0.15) is 5.76 Å². The third-order valence-corrected chi connectivity index (χ3v) is 8.26. The fraction of sp³-hybridized carbons (Fsp3) is 0.500. The van der Waals surface area contributed by atoms with Crippen molar-refractivity contribution in [2.45, 2.75) is 38.9 Å². The second-order valence-corrected chi connectivity index (χ2v) is 11.1. The highest BCUT2D eigenvalue weighted by molar-refractivity contribution is 6.74. The van der Waals surface area contributed by atoms with Crippen molar-refractivity contribution in [3.05, 3.63) is 30.3 Å². The Bertz CT molecular complexity index is 487. The Morgan fingerprint density at radius 1 is 1.05 bits per heavy atom. The summed E-state index contributed by atoms with van der Waals surface area (Å²) < 4.78 is 16.8. The van der Waals surface area contributed by atoms with Gasteiger partial charge in [0.2, 0.25) is 8.32 Å². The van der Waals surface area contributed by atoms with Crippen molar-refractivity contribution < 1.29 is 13.9 Å². The van der Waals surface area contributed by atoms with E-state index in [1.54, 1.807) is 14.2 Å². The predicted octanol–water partition coefficient (Wildman–Crippen LogP) is 4.70. The van der Waals surface area contributed by atoms with Crippen LogP contribution in [0, 0.1) is 0 Å². The highest BCUT2D eigenvalue weighted by Gasteiger charge is 2.39. The second-order valence-electron chi connectivity index (χ2n) is 6.36. The molecule has 0 saturated carbocycles. The summed E-state index contributed by atoms with van der Waals surface area (Å²) >= 11 is 0. The number of ether oxygens (including phenoxy) is 2. The first-order valence-corrected chi connectivity index (χ1v) is 9.63. The Morgan fingerprint density at radius 3 is 2.05 bits per heavy atom. The van der Waals surface area contributed by atoms with Crippen LogP contribution in [-0.2, 0) is 4.43 Å². The van der Waals surface area contributed by atoms with Gasteiger partial charge in [-0.2, -0.15) is 0 Å². The summed E-state index contributed by atoms with van der Waals surface area (Å²) in [5.74, 6) is 2.08. The molecule has 3 nitrogen and oxygen atoms in total. The largest absolute Gasteiger partial charge is 0.543 e. The summed E-state index contributed by atoms with van der Waals surface area (Å²) in [5.41, 5.74) is 0.924. The van der Waals surface area contributed by atoms with Gasteiger partial charge in [-0.05, 0) is 36.3 Å². The molecule has 0 spiro atoms. The van der Waals surface area contributed by atoms with Crippen molar-refractivity contribution in [2.24, 2.45) is 0 Å². The third kappa shape index (κ3) is 3.57. The van der Waals surface area contributed by atoms with Gasteiger partial charge < -0.3 is 13.9 Å². The first kappa shape index (κ1) is 16.6. The fourth-order valence-electron chi connectivity index (χ4n) is 1.53. The lowest BCUT2D eigenvalue weighted by atomic mass is 10.2. The molecule has 0 unspecified atom stereocenters. The lowest BCUT2D eigenvalue weighted by molar-refractivity contribution is 0.354. The molecule has 0 atom stereocenters. The molecule has 1 aromatic rings. The number of rotatable bonds is 5. The van der Waals surface area contributed by atoms with E-state index in [9.17, 15) is 0 Å². The van der Waals surface area contributed by atoms with Crippen LogP contribution >= 0.6 is 0 Å². The van der Waals surface area contributed by atoms with E-state index in [0.29, 0.717) is 17.3 Å². The van der Waals surface area contributed by atoms with Crippen LogP contribution in [0.15, 0.2) is 24.8 Å². The summed E-state index contributed by atoms with van der Waals surface area (Å²) in [6.45, 7) is 15.1. The molecule has 1 rings (SSSR count). The minimum atomic E-state index is -1.87. The maximum atomic E-state index is 6.21. The van der Waals surface area contributed by atoms with Crippen LogP contribution in [0.4, 0.5) is 0 Å². The van der Waals surface area contributed by atoms with Crippen LogP contribution in [0.2, 0.25) is 18.1 Å². The van der Waals surface area contributed by atoms with Gasteiger partial charge >= 0.3 is 0 Å². The van der Waals surface area contributed by atoms with Gasteiger partial charge in [0, 0.05) is 5.56 Å².